The van der Waals surface area contributed by atoms with Gasteiger partial charge < -0.3 is 5.73 Å². The first-order valence-corrected chi connectivity index (χ1v) is 5.72. The monoisotopic (exact) mass is 204 g/mol. The summed E-state index contributed by atoms with van der Waals surface area (Å²) in [5.41, 5.74) is 7.95. The van der Waals surface area contributed by atoms with Crippen molar-refractivity contribution in [3.05, 3.63) is 29.8 Å². The van der Waals surface area contributed by atoms with E-state index in [9.17, 15) is 0 Å². The molecule has 2 N–H and O–H groups in total. The summed E-state index contributed by atoms with van der Waals surface area (Å²) < 4.78 is 0. The van der Waals surface area contributed by atoms with Crippen LogP contribution in [0.4, 0.5) is 5.69 Å². The minimum absolute atomic E-state index is 0.821. The number of benzene rings is 1. The van der Waals surface area contributed by atoms with E-state index in [0.717, 1.165) is 24.1 Å². The van der Waals surface area contributed by atoms with Gasteiger partial charge in [0.1, 0.15) is 0 Å². The van der Waals surface area contributed by atoms with Crippen LogP contribution < -0.4 is 5.73 Å². The third-order valence-corrected chi connectivity index (χ3v) is 3.29. The first-order chi connectivity index (χ1) is 7.15. The lowest BCUT2D eigenvalue weighted by Crippen LogP contribution is -2.48. The Bertz CT molecular complexity index is 327. The molecule has 1 aliphatic rings. The van der Waals surface area contributed by atoms with Gasteiger partial charge in [0.05, 0.1) is 0 Å². The van der Waals surface area contributed by atoms with Gasteiger partial charge in [-0.1, -0.05) is 26.0 Å². The van der Waals surface area contributed by atoms with Crippen LogP contribution in [-0.2, 0) is 6.54 Å². The molecule has 1 aromatic rings. The summed E-state index contributed by atoms with van der Waals surface area (Å²) in [6.45, 7) is 8.15. The molecule has 0 aromatic heterocycles. The first kappa shape index (κ1) is 10.5. The highest BCUT2D eigenvalue weighted by Gasteiger charge is 2.28. The smallest absolute Gasteiger partial charge is 0.0317 e. The highest BCUT2D eigenvalue weighted by atomic mass is 15.2. The zero-order valence-electron chi connectivity index (χ0n) is 9.61. The maximum atomic E-state index is 5.75. The van der Waals surface area contributed by atoms with Crippen LogP contribution in [0.3, 0.4) is 0 Å². The topological polar surface area (TPSA) is 29.3 Å². The maximum Gasteiger partial charge on any atom is 0.0317 e. The van der Waals surface area contributed by atoms with Gasteiger partial charge in [-0.05, 0) is 29.5 Å². The number of nitrogens with zero attached hydrogens (tertiary/aromatic N) is 1. The number of nitrogen functional groups attached to an aromatic ring is 1. The molecule has 2 rings (SSSR count). The number of nitrogens with two attached hydrogens (primary N) is 1. The van der Waals surface area contributed by atoms with Crippen molar-refractivity contribution >= 4 is 5.69 Å². The lowest BCUT2D eigenvalue weighted by molar-refractivity contribution is 0.0614. The van der Waals surface area contributed by atoms with Crippen LogP contribution >= 0.6 is 0 Å². The van der Waals surface area contributed by atoms with Gasteiger partial charge in [0.2, 0.25) is 0 Å². The summed E-state index contributed by atoms with van der Waals surface area (Å²) >= 11 is 0. The molecule has 0 radical (unpaired) electrons. The standard InChI is InChI=1S/C13H20N2/c1-10(2)12-8-15(9-12)7-11-4-3-5-13(14)6-11/h3-6,10,12H,7-9,14H2,1-2H3. The molecule has 0 amide bonds. The second kappa shape index (κ2) is 4.23. The van der Waals surface area contributed by atoms with Crippen LogP contribution in [-0.4, -0.2) is 18.0 Å². The van der Waals surface area contributed by atoms with Crippen LogP contribution in [0.25, 0.3) is 0 Å². The molecule has 0 unspecified atom stereocenters. The van der Waals surface area contributed by atoms with E-state index >= 15 is 0 Å². The zero-order valence-corrected chi connectivity index (χ0v) is 9.61. The third-order valence-electron chi connectivity index (χ3n) is 3.29. The lowest BCUT2D eigenvalue weighted by Gasteiger charge is -2.41. The van der Waals surface area contributed by atoms with Crippen molar-refractivity contribution < 1.29 is 0 Å². The number of hydrogen-bond donors (Lipinski definition) is 1. The van der Waals surface area contributed by atoms with Crippen molar-refractivity contribution in [2.75, 3.05) is 18.8 Å². The molecule has 2 nitrogen and oxygen atoms in total. The number of rotatable bonds is 3. The van der Waals surface area contributed by atoms with E-state index in [1.54, 1.807) is 0 Å². The normalized spacial score (nSPS) is 18.1. The summed E-state index contributed by atoms with van der Waals surface area (Å²) in [4.78, 5) is 2.49. The van der Waals surface area contributed by atoms with E-state index in [0.29, 0.717) is 0 Å². The van der Waals surface area contributed by atoms with Gasteiger partial charge in [-0.15, -0.1) is 0 Å². The molecule has 1 aliphatic heterocycles. The second-order valence-electron chi connectivity index (χ2n) is 4.94. The highest BCUT2D eigenvalue weighted by molar-refractivity contribution is 5.40. The van der Waals surface area contributed by atoms with Crippen LogP contribution in [0.2, 0.25) is 0 Å². The Morgan fingerprint density at radius 2 is 2.13 bits per heavy atom. The Balaban J connectivity index is 1.85. The van der Waals surface area contributed by atoms with E-state index in [-0.39, 0.29) is 0 Å². The van der Waals surface area contributed by atoms with Gasteiger partial charge in [0.25, 0.3) is 0 Å². The van der Waals surface area contributed by atoms with Gasteiger partial charge in [0, 0.05) is 25.3 Å². The van der Waals surface area contributed by atoms with Crippen molar-refractivity contribution in [3.63, 3.8) is 0 Å². The van der Waals surface area contributed by atoms with E-state index in [1.807, 2.05) is 12.1 Å². The number of likely N-dealkylation sites (tertiary alicyclic amines) is 1. The predicted molar refractivity (Wildman–Crippen MR) is 64.5 cm³/mol. The molecule has 0 saturated carbocycles. The molecular weight excluding hydrogens is 184 g/mol. The summed E-state index contributed by atoms with van der Waals surface area (Å²) in [6.07, 6.45) is 0. The molecule has 0 spiro atoms. The van der Waals surface area contributed by atoms with Crippen molar-refractivity contribution in [1.82, 2.24) is 4.90 Å². The highest BCUT2D eigenvalue weighted by Crippen LogP contribution is 2.25. The van der Waals surface area contributed by atoms with Gasteiger partial charge in [-0.2, -0.15) is 0 Å². The summed E-state index contributed by atoms with van der Waals surface area (Å²) in [5.74, 6) is 1.72. The minimum Gasteiger partial charge on any atom is -0.399 e. The van der Waals surface area contributed by atoms with Crippen LogP contribution in [0.15, 0.2) is 24.3 Å². The maximum absolute atomic E-state index is 5.75. The van der Waals surface area contributed by atoms with Gasteiger partial charge in [0.15, 0.2) is 0 Å². The quantitative estimate of drug-likeness (QED) is 0.766. The molecule has 0 atom stereocenters. The molecule has 1 fully saturated rings. The average molecular weight is 204 g/mol. The molecule has 0 aliphatic carbocycles. The van der Waals surface area contributed by atoms with Crippen LogP contribution in [0.5, 0.6) is 0 Å². The summed E-state index contributed by atoms with van der Waals surface area (Å²) in [6, 6.07) is 8.20. The van der Waals surface area contributed by atoms with Crippen molar-refractivity contribution in [3.8, 4) is 0 Å². The third kappa shape index (κ3) is 2.51. The molecule has 1 saturated heterocycles. The van der Waals surface area contributed by atoms with Crippen molar-refractivity contribution in [1.29, 1.82) is 0 Å². The minimum atomic E-state index is 0.821. The Kier molecular flexibility index (Phi) is 2.96. The van der Waals surface area contributed by atoms with E-state index in [1.165, 1.54) is 18.7 Å². The lowest BCUT2D eigenvalue weighted by atomic mass is 9.88. The van der Waals surface area contributed by atoms with E-state index < -0.39 is 0 Å². The van der Waals surface area contributed by atoms with E-state index in [4.69, 9.17) is 5.73 Å². The molecule has 82 valence electrons. The van der Waals surface area contributed by atoms with Gasteiger partial charge >= 0.3 is 0 Å². The zero-order chi connectivity index (χ0) is 10.8. The average Bonchev–Trinajstić information content (AvgIpc) is 2.10. The summed E-state index contributed by atoms with van der Waals surface area (Å²) in [7, 11) is 0. The fourth-order valence-electron chi connectivity index (χ4n) is 2.11. The number of hydrogen-bond acceptors (Lipinski definition) is 2. The van der Waals surface area contributed by atoms with E-state index in [2.05, 4.69) is 30.9 Å². The molecular formula is C13H20N2. The van der Waals surface area contributed by atoms with Crippen molar-refractivity contribution in [2.45, 2.75) is 20.4 Å². The molecule has 15 heavy (non-hydrogen) atoms. The Morgan fingerprint density at radius 1 is 1.40 bits per heavy atom. The fourth-order valence-corrected chi connectivity index (χ4v) is 2.11. The SMILES string of the molecule is CC(C)C1CN(Cc2cccc(N)c2)C1. The van der Waals surface area contributed by atoms with Crippen LogP contribution in [0, 0.1) is 11.8 Å². The predicted octanol–water partition coefficient (Wildman–Crippen LogP) is 2.36. The molecule has 1 aromatic carbocycles. The van der Waals surface area contributed by atoms with Gasteiger partial charge in [-0.25, -0.2) is 0 Å². The Labute approximate surface area is 92.1 Å². The molecule has 1 heterocycles. The summed E-state index contributed by atoms with van der Waals surface area (Å²) in [5, 5.41) is 0. The molecule has 0 bridgehead atoms. The Morgan fingerprint density at radius 3 is 2.73 bits per heavy atom. The van der Waals surface area contributed by atoms with Crippen molar-refractivity contribution in [2.24, 2.45) is 11.8 Å². The first-order valence-electron chi connectivity index (χ1n) is 5.72. The second-order valence-corrected chi connectivity index (χ2v) is 4.94. The van der Waals surface area contributed by atoms with Crippen LogP contribution in [0.1, 0.15) is 19.4 Å². The Hall–Kier alpha value is -1.02. The molecule has 2 heteroatoms. The number of anilines is 1. The largest absolute Gasteiger partial charge is 0.399 e. The fraction of sp³-hybridized carbons (Fsp3) is 0.538. The van der Waals surface area contributed by atoms with Gasteiger partial charge in [-0.3, -0.25) is 4.90 Å².